The summed E-state index contributed by atoms with van der Waals surface area (Å²) in [4.78, 5) is 12.0. The largest absolute Gasteiger partial charge is 0.491 e. The molecule has 0 aliphatic carbocycles. The zero-order valence-corrected chi connectivity index (χ0v) is 12.5. The molecule has 110 valence electrons. The van der Waals surface area contributed by atoms with Crippen LogP contribution >= 0.6 is 0 Å². The molecule has 4 nitrogen and oxygen atoms in total. The average Bonchev–Trinajstić information content (AvgIpc) is 2.92. The molecule has 2 N–H and O–H groups in total. The van der Waals surface area contributed by atoms with Crippen LogP contribution in [-0.2, 0) is 4.79 Å². The van der Waals surface area contributed by atoms with Gasteiger partial charge in [-0.1, -0.05) is 18.2 Å². The van der Waals surface area contributed by atoms with Crippen molar-refractivity contribution in [2.24, 2.45) is 0 Å². The highest BCUT2D eigenvalue weighted by Gasteiger charge is 2.23. The summed E-state index contributed by atoms with van der Waals surface area (Å²) in [5.41, 5.74) is 2.25. The minimum atomic E-state index is -0.0300. The van der Waals surface area contributed by atoms with E-state index in [4.69, 9.17) is 4.74 Å². The topological polar surface area (TPSA) is 50.4 Å². The van der Waals surface area contributed by atoms with Gasteiger partial charge in [0, 0.05) is 0 Å². The number of hydrogen-bond donors (Lipinski definition) is 2. The molecule has 2 unspecified atom stereocenters. The van der Waals surface area contributed by atoms with E-state index in [-0.39, 0.29) is 18.0 Å². The Labute approximate surface area is 120 Å². The molecule has 0 spiro atoms. The fourth-order valence-electron chi connectivity index (χ4n) is 2.53. The number of para-hydroxylation sites is 1. The van der Waals surface area contributed by atoms with Crippen LogP contribution in [0.3, 0.4) is 0 Å². The average molecular weight is 276 g/mol. The minimum absolute atomic E-state index is 0.00362. The number of rotatable bonds is 5. The van der Waals surface area contributed by atoms with Crippen molar-refractivity contribution in [3.8, 4) is 5.75 Å². The number of amides is 1. The van der Waals surface area contributed by atoms with E-state index in [9.17, 15) is 4.79 Å². The van der Waals surface area contributed by atoms with Crippen LogP contribution in [0.15, 0.2) is 18.2 Å². The number of aryl methyl sites for hydroxylation is 2. The predicted molar refractivity (Wildman–Crippen MR) is 80.0 cm³/mol. The van der Waals surface area contributed by atoms with Crippen molar-refractivity contribution < 1.29 is 9.53 Å². The lowest BCUT2D eigenvalue weighted by atomic mass is 10.1. The van der Waals surface area contributed by atoms with Crippen LogP contribution in [0, 0.1) is 13.8 Å². The van der Waals surface area contributed by atoms with Gasteiger partial charge in [-0.2, -0.15) is 0 Å². The Balaban J connectivity index is 1.82. The van der Waals surface area contributed by atoms with Crippen molar-refractivity contribution in [3.63, 3.8) is 0 Å². The molecule has 1 saturated heterocycles. The molecule has 1 amide bonds. The molecule has 4 heteroatoms. The Morgan fingerprint density at radius 3 is 2.75 bits per heavy atom. The van der Waals surface area contributed by atoms with Crippen LogP contribution in [-0.4, -0.2) is 31.1 Å². The third-order valence-corrected chi connectivity index (χ3v) is 3.65. The Bertz CT molecular complexity index is 447. The van der Waals surface area contributed by atoms with E-state index < -0.39 is 0 Å². The number of carbonyl (C=O) groups excluding carboxylic acids is 1. The van der Waals surface area contributed by atoms with Gasteiger partial charge in [-0.05, 0) is 51.3 Å². The van der Waals surface area contributed by atoms with E-state index in [1.54, 1.807) is 0 Å². The van der Waals surface area contributed by atoms with E-state index in [0.717, 1.165) is 36.3 Å². The van der Waals surface area contributed by atoms with Gasteiger partial charge in [-0.15, -0.1) is 0 Å². The molecule has 1 aliphatic heterocycles. The molecule has 1 fully saturated rings. The molecule has 1 heterocycles. The van der Waals surface area contributed by atoms with Crippen molar-refractivity contribution in [3.05, 3.63) is 29.3 Å². The van der Waals surface area contributed by atoms with Crippen LogP contribution in [0.25, 0.3) is 0 Å². The van der Waals surface area contributed by atoms with Crippen molar-refractivity contribution in [1.82, 2.24) is 10.6 Å². The summed E-state index contributed by atoms with van der Waals surface area (Å²) in [7, 11) is 0. The van der Waals surface area contributed by atoms with Gasteiger partial charge in [0.15, 0.2) is 0 Å². The third-order valence-electron chi connectivity index (χ3n) is 3.65. The number of benzene rings is 1. The van der Waals surface area contributed by atoms with Crippen molar-refractivity contribution in [2.75, 3.05) is 13.2 Å². The quantitative estimate of drug-likeness (QED) is 0.864. The highest BCUT2D eigenvalue weighted by molar-refractivity contribution is 5.82. The van der Waals surface area contributed by atoms with Crippen LogP contribution in [0.2, 0.25) is 0 Å². The van der Waals surface area contributed by atoms with Gasteiger partial charge in [0.1, 0.15) is 12.4 Å². The maximum atomic E-state index is 12.0. The van der Waals surface area contributed by atoms with Gasteiger partial charge in [-0.25, -0.2) is 0 Å². The number of carbonyl (C=O) groups is 1. The smallest absolute Gasteiger partial charge is 0.237 e. The molecular formula is C16H24N2O2. The maximum absolute atomic E-state index is 12.0. The first-order chi connectivity index (χ1) is 9.58. The Morgan fingerprint density at radius 2 is 2.15 bits per heavy atom. The van der Waals surface area contributed by atoms with E-state index >= 15 is 0 Å². The molecular weight excluding hydrogens is 252 g/mol. The zero-order valence-electron chi connectivity index (χ0n) is 12.5. The Hall–Kier alpha value is -1.55. The van der Waals surface area contributed by atoms with E-state index in [2.05, 4.69) is 10.6 Å². The fraction of sp³-hybridized carbons (Fsp3) is 0.562. The summed E-state index contributed by atoms with van der Waals surface area (Å²) in [5.74, 6) is 1.01. The Kier molecular flexibility index (Phi) is 5.01. The summed E-state index contributed by atoms with van der Waals surface area (Å²) in [5, 5.41) is 6.21. The lowest BCUT2D eigenvalue weighted by Crippen LogP contribution is -2.46. The lowest BCUT2D eigenvalue weighted by Gasteiger charge is -2.19. The fourth-order valence-corrected chi connectivity index (χ4v) is 2.53. The summed E-state index contributed by atoms with van der Waals surface area (Å²) in [6, 6.07) is 6.07. The van der Waals surface area contributed by atoms with E-state index in [1.807, 2.05) is 39.0 Å². The standard InChI is InChI=1S/C16H24N2O2/c1-11-6-4-7-12(2)15(11)20-10-13(3)18-16(19)14-8-5-9-17-14/h4,6-7,13-14,17H,5,8-10H2,1-3H3,(H,18,19). The van der Waals surface area contributed by atoms with Gasteiger partial charge >= 0.3 is 0 Å². The Morgan fingerprint density at radius 1 is 1.45 bits per heavy atom. The summed E-state index contributed by atoms with van der Waals surface area (Å²) >= 11 is 0. The molecule has 0 radical (unpaired) electrons. The lowest BCUT2D eigenvalue weighted by molar-refractivity contribution is -0.123. The molecule has 1 aliphatic rings. The van der Waals surface area contributed by atoms with Gasteiger partial charge in [0.25, 0.3) is 0 Å². The first-order valence-electron chi connectivity index (χ1n) is 7.30. The van der Waals surface area contributed by atoms with Crippen LogP contribution < -0.4 is 15.4 Å². The molecule has 1 aromatic carbocycles. The minimum Gasteiger partial charge on any atom is -0.491 e. The molecule has 2 rings (SSSR count). The second kappa shape index (κ2) is 6.75. The highest BCUT2D eigenvalue weighted by Crippen LogP contribution is 2.22. The van der Waals surface area contributed by atoms with E-state index in [1.165, 1.54) is 0 Å². The summed E-state index contributed by atoms with van der Waals surface area (Å²) in [6.45, 7) is 7.47. The van der Waals surface area contributed by atoms with E-state index in [0.29, 0.717) is 6.61 Å². The van der Waals surface area contributed by atoms with Crippen molar-refractivity contribution in [1.29, 1.82) is 0 Å². The first kappa shape index (κ1) is 14.9. The second-order valence-corrected chi connectivity index (χ2v) is 5.59. The van der Waals surface area contributed by atoms with Gasteiger partial charge in [0.2, 0.25) is 5.91 Å². The zero-order chi connectivity index (χ0) is 14.5. The monoisotopic (exact) mass is 276 g/mol. The molecule has 0 bridgehead atoms. The van der Waals surface area contributed by atoms with Gasteiger partial charge in [0.05, 0.1) is 12.1 Å². The summed E-state index contributed by atoms with van der Waals surface area (Å²) in [6.07, 6.45) is 2.00. The number of ether oxygens (including phenoxy) is 1. The van der Waals surface area contributed by atoms with Crippen molar-refractivity contribution in [2.45, 2.75) is 45.7 Å². The maximum Gasteiger partial charge on any atom is 0.237 e. The summed E-state index contributed by atoms with van der Waals surface area (Å²) < 4.78 is 5.86. The predicted octanol–water partition coefficient (Wildman–Crippen LogP) is 1.94. The molecule has 1 aromatic rings. The van der Waals surface area contributed by atoms with Gasteiger partial charge < -0.3 is 15.4 Å². The number of nitrogens with one attached hydrogen (secondary N) is 2. The first-order valence-corrected chi connectivity index (χ1v) is 7.30. The second-order valence-electron chi connectivity index (χ2n) is 5.59. The molecule has 2 atom stereocenters. The normalized spacial score (nSPS) is 19.6. The molecule has 0 saturated carbocycles. The van der Waals surface area contributed by atoms with Gasteiger partial charge in [-0.3, -0.25) is 4.79 Å². The number of hydrogen-bond acceptors (Lipinski definition) is 3. The molecule has 0 aromatic heterocycles. The third kappa shape index (κ3) is 3.73. The van der Waals surface area contributed by atoms with Crippen LogP contribution in [0.4, 0.5) is 0 Å². The van der Waals surface area contributed by atoms with Crippen molar-refractivity contribution >= 4 is 5.91 Å². The SMILES string of the molecule is Cc1cccc(C)c1OCC(C)NC(=O)C1CCCN1. The van der Waals surface area contributed by atoms with Crippen LogP contribution in [0.5, 0.6) is 5.75 Å². The van der Waals surface area contributed by atoms with Crippen LogP contribution in [0.1, 0.15) is 30.9 Å². The molecule has 20 heavy (non-hydrogen) atoms. The highest BCUT2D eigenvalue weighted by atomic mass is 16.5.